The first kappa shape index (κ1) is 27.7. The number of rotatable bonds is 6. The maximum atomic E-state index is 14.6. The van der Waals surface area contributed by atoms with E-state index in [1.54, 1.807) is 39.0 Å². The molecule has 4 rings (SSSR count). The summed E-state index contributed by atoms with van der Waals surface area (Å²) in [7, 11) is 0. The van der Waals surface area contributed by atoms with Crippen LogP contribution in [0, 0.1) is 28.6 Å². The van der Waals surface area contributed by atoms with Gasteiger partial charge < -0.3 is 24.8 Å². The minimum atomic E-state index is -2.25. The third-order valence-electron chi connectivity index (χ3n) is 9.75. The Morgan fingerprint density at radius 1 is 1.27 bits per heavy atom. The molecule has 0 amide bonds. The van der Waals surface area contributed by atoms with Crippen molar-refractivity contribution in [3.63, 3.8) is 0 Å². The number of Topliss-reactive ketones (excluding diaryl/α,β-unsaturated/α-hetero) is 1. The van der Waals surface area contributed by atoms with E-state index in [9.17, 15) is 29.7 Å². The molecule has 2 bridgehead atoms. The van der Waals surface area contributed by atoms with Gasteiger partial charge in [0.2, 0.25) is 0 Å². The molecule has 0 aromatic rings. The van der Waals surface area contributed by atoms with Gasteiger partial charge in [0.15, 0.2) is 17.5 Å². The summed E-state index contributed by atoms with van der Waals surface area (Å²) in [6.07, 6.45) is 2.97. The van der Waals surface area contributed by atoms with Gasteiger partial charge >= 0.3 is 11.9 Å². The quantitative estimate of drug-likeness (QED) is 0.279. The van der Waals surface area contributed by atoms with E-state index in [-0.39, 0.29) is 30.2 Å². The fourth-order valence-corrected chi connectivity index (χ4v) is 7.67. The van der Waals surface area contributed by atoms with Gasteiger partial charge in [-0.2, -0.15) is 0 Å². The van der Waals surface area contributed by atoms with Crippen LogP contribution in [0.4, 0.5) is 0 Å². The van der Waals surface area contributed by atoms with Crippen LogP contribution in [0.5, 0.6) is 0 Å². The number of carbonyl (C=O) groups is 3. The zero-order valence-electron chi connectivity index (χ0n) is 22.8. The van der Waals surface area contributed by atoms with Crippen LogP contribution < -0.4 is 0 Å². The summed E-state index contributed by atoms with van der Waals surface area (Å²) < 4.78 is 11.9. The van der Waals surface area contributed by atoms with Crippen LogP contribution >= 0.6 is 0 Å². The molecule has 1 spiro atoms. The highest BCUT2D eigenvalue weighted by Gasteiger charge is 2.83. The van der Waals surface area contributed by atoms with E-state index in [0.29, 0.717) is 17.6 Å². The van der Waals surface area contributed by atoms with Gasteiger partial charge in [0.1, 0.15) is 11.7 Å². The van der Waals surface area contributed by atoms with E-state index < -0.39 is 64.6 Å². The highest BCUT2D eigenvalue weighted by molar-refractivity contribution is 5.96. The van der Waals surface area contributed by atoms with E-state index in [0.717, 1.165) is 0 Å². The van der Waals surface area contributed by atoms with E-state index >= 15 is 0 Å². The Kier molecular flexibility index (Phi) is 6.66. The Balaban J connectivity index is 1.91. The van der Waals surface area contributed by atoms with Crippen molar-refractivity contribution in [2.24, 2.45) is 28.6 Å². The zero-order valence-corrected chi connectivity index (χ0v) is 22.8. The molecule has 4 aliphatic carbocycles. The van der Waals surface area contributed by atoms with Gasteiger partial charge in [0.25, 0.3) is 0 Å². The molecule has 37 heavy (non-hydrogen) atoms. The van der Waals surface area contributed by atoms with Crippen molar-refractivity contribution in [1.29, 1.82) is 0 Å². The Bertz CT molecular complexity index is 1110. The number of hydrogen-bond donors (Lipinski definition) is 3. The van der Waals surface area contributed by atoms with Gasteiger partial charge in [-0.15, -0.1) is 0 Å². The first-order chi connectivity index (χ1) is 17.2. The van der Waals surface area contributed by atoms with Gasteiger partial charge in [0, 0.05) is 29.2 Å². The van der Waals surface area contributed by atoms with Crippen molar-refractivity contribution in [2.45, 2.75) is 91.1 Å². The normalized spacial score (nSPS) is 41.9. The molecule has 0 aromatic heterocycles. The lowest BCUT2D eigenvalue weighted by Crippen LogP contribution is -2.66. The minimum Gasteiger partial charge on any atom is -0.458 e. The molecule has 2 fully saturated rings. The Morgan fingerprint density at radius 2 is 1.92 bits per heavy atom. The molecule has 204 valence electrons. The molecule has 0 aliphatic heterocycles. The summed E-state index contributed by atoms with van der Waals surface area (Å²) in [5.74, 6) is -3.14. The van der Waals surface area contributed by atoms with Crippen molar-refractivity contribution in [1.82, 2.24) is 0 Å². The van der Waals surface area contributed by atoms with Crippen LogP contribution in [-0.4, -0.2) is 63.1 Å². The average molecular weight is 517 g/mol. The molecular formula is C29H40O8. The highest BCUT2D eigenvalue weighted by Crippen LogP contribution is 2.75. The second-order valence-electron chi connectivity index (χ2n) is 12.0. The molecule has 2 unspecified atom stereocenters. The molecule has 0 radical (unpaired) electrons. The van der Waals surface area contributed by atoms with Gasteiger partial charge in [-0.1, -0.05) is 45.9 Å². The molecule has 8 atom stereocenters. The first-order valence-electron chi connectivity index (χ1n) is 13.2. The standard InChI is InChI=1S/C29H40O8/c1-8-10-20(31)37-28-13-17(5)27-12-16(4)24(36-25(34)15(3)9-2)29(27,35)22(32)18(14-30)11-19(23(27)33)21(28)26(28,6)7/h9,11-12,17,19,21-22,24,30,32,35H,8,10,13-14H2,1-7H3/b15-9+/t17?,19-,21+,22+,24-,27?,28-,29-/m0/s1. The van der Waals surface area contributed by atoms with Crippen LogP contribution in [0.1, 0.15) is 67.7 Å². The molecule has 0 saturated heterocycles. The van der Waals surface area contributed by atoms with Crippen molar-refractivity contribution in [3.8, 4) is 0 Å². The summed E-state index contributed by atoms with van der Waals surface area (Å²) in [5, 5.41) is 34.3. The van der Waals surface area contributed by atoms with E-state index in [2.05, 4.69) is 0 Å². The minimum absolute atomic E-state index is 0.0835. The number of hydrogen-bond acceptors (Lipinski definition) is 8. The van der Waals surface area contributed by atoms with Crippen LogP contribution in [0.2, 0.25) is 0 Å². The highest BCUT2D eigenvalue weighted by atomic mass is 16.6. The average Bonchev–Trinajstić information content (AvgIpc) is 3.23. The number of carbonyl (C=O) groups excluding carboxylic acids is 3. The summed E-state index contributed by atoms with van der Waals surface area (Å²) in [6.45, 7) is 12.0. The van der Waals surface area contributed by atoms with Crippen molar-refractivity contribution < 1.29 is 39.2 Å². The van der Waals surface area contributed by atoms with Gasteiger partial charge in [0.05, 0.1) is 12.0 Å². The van der Waals surface area contributed by atoms with Crippen molar-refractivity contribution >= 4 is 17.7 Å². The molecular weight excluding hydrogens is 476 g/mol. The molecule has 3 N–H and O–H groups in total. The number of aliphatic hydroxyl groups excluding tert-OH is 2. The Hall–Kier alpha value is -2.29. The lowest BCUT2D eigenvalue weighted by Gasteiger charge is -2.49. The third-order valence-corrected chi connectivity index (χ3v) is 9.75. The molecule has 0 heterocycles. The zero-order chi connectivity index (χ0) is 27.7. The number of esters is 2. The van der Waals surface area contributed by atoms with Crippen LogP contribution in [0.3, 0.4) is 0 Å². The van der Waals surface area contributed by atoms with Crippen LogP contribution in [0.15, 0.2) is 34.9 Å². The van der Waals surface area contributed by atoms with Crippen LogP contribution in [-0.2, 0) is 23.9 Å². The topological polar surface area (TPSA) is 130 Å². The number of ketones is 1. The summed E-state index contributed by atoms with van der Waals surface area (Å²) >= 11 is 0. The molecule has 2 saturated carbocycles. The maximum absolute atomic E-state index is 14.6. The summed E-state index contributed by atoms with van der Waals surface area (Å²) in [5.41, 5.74) is -4.51. The lowest BCUT2D eigenvalue weighted by atomic mass is 9.59. The predicted octanol–water partition coefficient (Wildman–Crippen LogP) is 2.80. The van der Waals surface area contributed by atoms with E-state index in [1.807, 2.05) is 27.7 Å². The maximum Gasteiger partial charge on any atom is 0.334 e. The number of allylic oxidation sites excluding steroid dienone is 2. The van der Waals surface area contributed by atoms with E-state index in [4.69, 9.17) is 9.47 Å². The molecule has 4 aliphatic rings. The second-order valence-corrected chi connectivity index (χ2v) is 12.0. The molecule has 0 aromatic carbocycles. The Labute approximate surface area is 218 Å². The predicted molar refractivity (Wildman–Crippen MR) is 135 cm³/mol. The number of aliphatic hydroxyl groups is 3. The fraction of sp³-hybridized carbons (Fsp3) is 0.690. The smallest absolute Gasteiger partial charge is 0.334 e. The number of fused-ring (bicyclic) bond motifs is 3. The van der Waals surface area contributed by atoms with Gasteiger partial charge in [-0.25, -0.2) is 4.79 Å². The van der Waals surface area contributed by atoms with Crippen LogP contribution in [0.25, 0.3) is 0 Å². The largest absolute Gasteiger partial charge is 0.458 e. The van der Waals surface area contributed by atoms with Gasteiger partial charge in [-0.3, -0.25) is 9.59 Å². The second kappa shape index (κ2) is 8.89. The molecule has 8 heteroatoms. The third kappa shape index (κ3) is 3.41. The first-order valence-corrected chi connectivity index (χ1v) is 13.2. The number of ether oxygens (including phenoxy) is 2. The summed E-state index contributed by atoms with van der Waals surface area (Å²) in [4.78, 5) is 40.1. The summed E-state index contributed by atoms with van der Waals surface area (Å²) in [6, 6.07) is 0. The fourth-order valence-electron chi connectivity index (χ4n) is 7.67. The SMILES string of the molecule is C/C=C(\C)C(=O)O[C@H]1C(C)=CC23C(=O)[C@@H](C=C(CO)[C@@H](O)[C@]12O)[C@@H]1C(C)(C)[C@]1(OC(=O)CCC)CC3C. The molecule has 8 nitrogen and oxygen atoms in total. The monoisotopic (exact) mass is 516 g/mol. The lowest BCUT2D eigenvalue weighted by molar-refractivity contribution is -0.203. The van der Waals surface area contributed by atoms with E-state index in [1.165, 1.54) is 0 Å². The van der Waals surface area contributed by atoms with Crippen molar-refractivity contribution in [3.05, 3.63) is 34.9 Å². The van der Waals surface area contributed by atoms with Crippen molar-refractivity contribution in [2.75, 3.05) is 6.61 Å². The Morgan fingerprint density at radius 3 is 2.49 bits per heavy atom. The van der Waals surface area contributed by atoms with Gasteiger partial charge in [-0.05, 0) is 50.7 Å².